The maximum Gasteiger partial charge on any atom is 0.285 e. The molecule has 1 aliphatic rings. The summed E-state index contributed by atoms with van der Waals surface area (Å²) in [6, 6.07) is 8.21. The summed E-state index contributed by atoms with van der Waals surface area (Å²) < 4.78 is 1.97. The molecule has 1 aromatic carbocycles. The Morgan fingerprint density at radius 2 is 2.00 bits per heavy atom. The molecule has 0 bridgehead atoms. The Morgan fingerprint density at radius 1 is 1.22 bits per heavy atom. The first-order valence-corrected chi connectivity index (χ1v) is 9.21. The minimum atomic E-state index is -0.431. The van der Waals surface area contributed by atoms with Crippen molar-refractivity contribution in [3.05, 3.63) is 78.6 Å². The van der Waals surface area contributed by atoms with E-state index in [9.17, 15) is 9.59 Å². The lowest BCUT2D eigenvalue weighted by molar-refractivity contribution is 0.524. The van der Waals surface area contributed by atoms with Crippen LogP contribution in [0.2, 0.25) is 5.02 Å². The monoisotopic (exact) mass is 385 g/mol. The van der Waals surface area contributed by atoms with Crippen molar-refractivity contribution in [2.75, 3.05) is 11.4 Å². The lowest BCUT2D eigenvalue weighted by Gasteiger charge is -2.30. The number of aryl methyl sites for hydroxylation is 1. The number of aromatic nitrogens is 4. The van der Waals surface area contributed by atoms with Gasteiger partial charge in [-0.05, 0) is 25.0 Å². The van der Waals surface area contributed by atoms with E-state index in [-0.39, 0.29) is 16.6 Å². The van der Waals surface area contributed by atoms with E-state index >= 15 is 0 Å². The normalized spacial score (nSPS) is 14.9. The zero-order chi connectivity index (χ0) is 19.1. The number of fused-ring (bicyclic) bond motifs is 1. The predicted molar refractivity (Wildman–Crippen MR) is 105 cm³/mol. The van der Waals surface area contributed by atoms with Crippen molar-refractivity contribution < 1.29 is 0 Å². The van der Waals surface area contributed by atoms with E-state index in [1.54, 1.807) is 0 Å². The summed E-state index contributed by atoms with van der Waals surface area (Å²) in [5.41, 5.74) is 4.08. The van der Waals surface area contributed by atoms with Crippen LogP contribution in [0.15, 0.2) is 40.1 Å². The molecule has 7 nitrogen and oxygen atoms in total. The largest absolute Gasteiger partial charge is 0.364 e. The highest BCUT2D eigenvalue weighted by Crippen LogP contribution is 2.29. The topological polar surface area (TPSA) is 86.8 Å². The lowest BCUT2D eigenvalue weighted by atomic mass is 10.0. The Bertz CT molecular complexity index is 1110. The molecule has 0 fully saturated rings. The van der Waals surface area contributed by atoms with E-state index < -0.39 is 5.56 Å². The van der Waals surface area contributed by atoms with Crippen LogP contribution in [0.5, 0.6) is 0 Å². The van der Waals surface area contributed by atoms with Gasteiger partial charge in [-0.25, -0.2) is 5.10 Å². The van der Waals surface area contributed by atoms with Crippen LogP contribution in [0.1, 0.15) is 35.3 Å². The van der Waals surface area contributed by atoms with E-state index in [1.165, 1.54) is 17.3 Å². The average Bonchev–Trinajstić information content (AvgIpc) is 3.00. The summed E-state index contributed by atoms with van der Waals surface area (Å²) in [5.74, 6) is 0. The van der Waals surface area contributed by atoms with Gasteiger partial charge in [-0.2, -0.15) is 5.10 Å². The van der Waals surface area contributed by atoms with Crippen LogP contribution in [0.3, 0.4) is 0 Å². The highest BCUT2D eigenvalue weighted by atomic mass is 35.5. The minimum absolute atomic E-state index is 0.0269. The Labute approximate surface area is 160 Å². The van der Waals surface area contributed by atoms with Crippen LogP contribution in [0.4, 0.5) is 5.69 Å². The van der Waals surface area contributed by atoms with Gasteiger partial charge in [-0.15, -0.1) is 0 Å². The Morgan fingerprint density at radius 3 is 2.78 bits per heavy atom. The number of anilines is 1. The maximum atomic E-state index is 12.6. The first-order valence-electron chi connectivity index (χ1n) is 8.83. The van der Waals surface area contributed by atoms with Gasteiger partial charge >= 0.3 is 0 Å². The highest BCUT2D eigenvalue weighted by molar-refractivity contribution is 6.32. The van der Waals surface area contributed by atoms with Gasteiger partial charge in [-0.3, -0.25) is 19.4 Å². The zero-order valence-electron chi connectivity index (χ0n) is 15.1. The fraction of sp³-hybridized carbons (Fsp3) is 0.316. The molecule has 2 N–H and O–H groups in total. The molecule has 0 radical (unpaired) electrons. The predicted octanol–water partition coefficient (Wildman–Crippen LogP) is 2.39. The molecule has 0 saturated heterocycles. The molecule has 1 aliphatic heterocycles. The van der Waals surface area contributed by atoms with Crippen LogP contribution in [-0.4, -0.2) is 26.5 Å². The average molecular weight is 386 g/mol. The first-order chi connectivity index (χ1) is 13.0. The summed E-state index contributed by atoms with van der Waals surface area (Å²) in [6.45, 7) is 5.20. The second kappa shape index (κ2) is 6.74. The van der Waals surface area contributed by atoms with Gasteiger partial charge in [0.25, 0.3) is 11.1 Å². The molecule has 3 aromatic rings. The third kappa shape index (κ3) is 2.98. The molecule has 4 rings (SSSR count). The second-order valence-corrected chi connectivity index (χ2v) is 7.22. The van der Waals surface area contributed by atoms with Crippen LogP contribution < -0.4 is 16.0 Å². The standard InChI is InChI=1S/C19H20ClN5O2/c1-11-5-3-4-6-13(11)12(2)25-15-7-8-24(10-14(15)18(26)23-25)16-9-21-22-19(27)17(16)20/h3-6,9,12H,7-8,10H2,1-2H3,(H,22,27)(H,23,26). The molecule has 1 atom stereocenters. The zero-order valence-corrected chi connectivity index (χ0v) is 15.9. The molecule has 0 aliphatic carbocycles. The van der Waals surface area contributed by atoms with E-state index in [4.69, 9.17) is 11.6 Å². The molecule has 27 heavy (non-hydrogen) atoms. The molecule has 140 valence electrons. The third-order valence-electron chi connectivity index (χ3n) is 5.25. The molecule has 3 heterocycles. The van der Waals surface area contributed by atoms with Gasteiger partial charge in [-0.1, -0.05) is 35.9 Å². The smallest absolute Gasteiger partial charge is 0.285 e. The summed E-state index contributed by atoms with van der Waals surface area (Å²) in [7, 11) is 0. The Kier molecular flexibility index (Phi) is 4.39. The number of halogens is 1. The van der Waals surface area contributed by atoms with E-state index in [0.29, 0.717) is 30.8 Å². The minimum Gasteiger partial charge on any atom is -0.364 e. The first kappa shape index (κ1) is 17.6. The van der Waals surface area contributed by atoms with Crippen LogP contribution in [0.25, 0.3) is 0 Å². The van der Waals surface area contributed by atoms with E-state index in [0.717, 1.165) is 5.69 Å². The van der Waals surface area contributed by atoms with Gasteiger partial charge in [0, 0.05) is 18.7 Å². The van der Waals surface area contributed by atoms with Gasteiger partial charge < -0.3 is 4.90 Å². The number of aromatic amines is 2. The summed E-state index contributed by atoms with van der Waals surface area (Å²) >= 11 is 6.13. The van der Waals surface area contributed by atoms with Gasteiger partial charge in [0.1, 0.15) is 5.02 Å². The van der Waals surface area contributed by atoms with Crippen molar-refractivity contribution in [3.8, 4) is 0 Å². The van der Waals surface area contributed by atoms with E-state index in [2.05, 4.69) is 41.3 Å². The van der Waals surface area contributed by atoms with Crippen LogP contribution >= 0.6 is 11.6 Å². The summed E-state index contributed by atoms with van der Waals surface area (Å²) in [4.78, 5) is 26.3. The molecule has 2 aromatic heterocycles. The number of hydrogen-bond acceptors (Lipinski definition) is 4. The van der Waals surface area contributed by atoms with Crippen molar-refractivity contribution >= 4 is 17.3 Å². The van der Waals surface area contributed by atoms with Gasteiger partial charge in [0.05, 0.1) is 30.0 Å². The third-order valence-corrected chi connectivity index (χ3v) is 5.61. The van der Waals surface area contributed by atoms with Crippen molar-refractivity contribution in [2.45, 2.75) is 32.9 Å². The van der Waals surface area contributed by atoms with Crippen LogP contribution in [0, 0.1) is 6.92 Å². The fourth-order valence-corrected chi connectivity index (χ4v) is 4.00. The Balaban J connectivity index is 1.71. The number of nitrogens with one attached hydrogen (secondary N) is 2. The molecular formula is C19H20ClN5O2. The van der Waals surface area contributed by atoms with Crippen molar-refractivity contribution in [1.82, 2.24) is 20.0 Å². The number of benzene rings is 1. The molecule has 0 amide bonds. The van der Waals surface area contributed by atoms with Gasteiger partial charge in [0.2, 0.25) is 0 Å². The molecule has 0 spiro atoms. The molecule has 0 saturated carbocycles. The SMILES string of the molecule is Cc1ccccc1C(C)n1[nH]c(=O)c2c1CCN(c1cn[nH]c(=O)c1Cl)C2. The quantitative estimate of drug-likeness (QED) is 0.724. The number of nitrogens with zero attached hydrogens (tertiary/aromatic N) is 3. The van der Waals surface area contributed by atoms with Crippen LogP contribution in [-0.2, 0) is 13.0 Å². The molecule has 1 unspecified atom stereocenters. The van der Waals surface area contributed by atoms with Crippen molar-refractivity contribution in [3.63, 3.8) is 0 Å². The summed E-state index contributed by atoms with van der Waals surface area (Å²) in [6.07, 6.45) is 2.20. The van der Waals surface area contributed by atoms with Crippen molar-refractivity contribution in [2.24, 2.45) is 0 Å². The summed E-state index contributed by atoms with van der Waals surface area (Å²) in [5, 5.41) is 9.23. The van der Waals surface area contributed by atoms with E-state index in [1.807, 2.05) is 21.7 Å². The second-order valence-electron chi connectivity index (χ2n) is 6.84. The number of rotatable bonds is 3. The molecule has 8 heteroatoms. The van der Waals surface area contributed by atoms with Crippen molar-refractivity contribution in [1.29, 1.82) is 0 Å². The lowest BCUT2D eigenvalue weighted by Crippen LogP contribution is -2.34. The fourth-order valence-electron chi connectivity index (χ4n) is 3.79. The van der Waals surface area contributed by atoms with Gasteiger partial charge in [0.15, 0.2) is 0 Å². The highest BCUT2D eigenvalue weighted by Gasteiger charge is 2.27. The number of hydrogen-bond donors (Lipinski definition) is 2. The molecular weight excluding hydrogens is 366 g/mol. The number of H-pyrrole nitrogens is 2. The Hall–Kier alpha value is -2.80. The maximum absolute atomic E-state index is 12.6.